The number of nitro groups is 1. The number of benzene rings is 2. The van der Waals surface area contributed by atoms with E-state index in [4.69, 9.17) is 4.74 Å². The van der Waals surface area contributed by atoms with Crippen LogP contribution in [0.1, 0.15) is 38.6 Å². The van der Waals surface area contributed by atoms with Crippen LogP contribution in [0, 0.1) is 10.1 Å². The molecule has 0 spiro atoms. The minimum atomic E-state index is -0.768. The first-order valence-corrected chi connectivity index (χ1v) is 7.85. The molecule has 0 fully saturated rings. The van der Waals surface area contributed by atoms with Gasteiger partial charge in [0.1, 0.15) is 0 Å². The Kier molecular flexibility index (Phi) is 3.50. The molecule has 7 nitrogen and oxygen atoms in total. The molecule has 1 aliphatic heterocycles. The molecule has 2 aliphatic rings. The van der Waals surface area contributed by atoms with Gasteiger partial charge in [0.05, 0.1) is 16.9 Å². The summed E-state index contributed by atoms with van der Waals surface area (Å²) in [7, 11) is 0. The van der Waals surface area contributed by atoms with Gasteiger partial charge in [0.2, 0.25) is 5.78 Å². The number of rotatable bonds is 2. The van der Waals surface area contributed by atoms with Gasteiger partial charge >= 0.3 is 5.97 Å². The summed E-state index contributed by atoms with van der Waals surface area (Å²) in [6, 6.07) is 12.0. The molecule has 2 aromatic rings. The molecule has 0 saturated heterocycles. The highest BCUT2D eigenvalue weighted by Crippen LogP contribution is 2.41. The van der Waals surface area contributed by atoms with Crippen molar-refractivity contribution < 1.29 is 24.0 Å². The Labute approximate surface area is 147 Å². The maximum absolute atomic E-state index is 13.0. The van der Waals surface area contributed by atoms with Crippen molar-refractivity contribution in [2.24, 2.45) is 0 Å². The van der Waals surface area contributed by atoms with Gasteiger partial charge in [-0.05, 0) is 5.56 Å². The van der Waals surface area contributed by atoms with Crippen LogP contribution in [0.3, 0.4) is 0 Å². The lowest BCUT2D eigenvalue weighted by Gasteiger charge is -2.29. The van der Waals surface area contributed by atoms with Gasteiger partial charge in [-0.25, -0.2) is 0 Å². The average molecular weight is 349 g/mol. The molecule has 0 radical (unpaired) electrons. The van der Waals surface area contributed by atoms with Crippen molar-refractivity contribution in [2.45, 2.75) is 12.3 Å². The molecule has 0 bridgehead atoms. The number of esters is 1. The van der Waals surface area contributed by atoms with Crippen molar-refractivity contribution in [1.29, 1.82) is 0 Å². The normalized spacial score (nSPS) is 18.9. The molecular weight excluding hydrogens is 338 g/mol. The second kappa shape index (κ2) is 5.73. The lowest BCUT2D eigenvalue weighted by atomic mass is 9.77. The van der Waals surface area contributed by atoms with Crippen molar-refractivity contribution in [3.8, 4) is 0 Å². The summed E-state index contributed by atoms with van der Waals surface area (Å²) in [6.07, 6.45) is -0.165. The predicted molar refractivity (Wildman–Crippen MR) is 88.7 cm³/mol. The summed E-state index contributed by atoms with van der Waals surface area (Å²) in [5, 5.41) is 11.0. The molecule has 1 heterocycles. The van der Waals surface area contributed by atoms with Crippen molar-refractivity contribution in [3.63, 3.8) is 0 Å². The monoisotopic (exact) mass is 349 g/mol. The van der Waals surface area contributed by atoms with Crippen LogP contribution in [0.5, 0.6) is 0 Å². The van der Waals surface area contributed by atoms with E-state index in [-0.39, 0.29) is 34.6 Å². The van der Waals surface area contributed by atoms with Crippen molar-refractivity contribution in [2.75, 3.05) is 0 Å². The van der Waals surface area contributed by atoms with Crippen LogP contribution in [0.4, 0.5) is 5.69 Å². The van der Waals surface area contributed by atoms with Gasteiger partial charge in [-0.2, -0.15) is 0 Å². The number of fused-ring (bicyclic) bond motifs is 1. The summed E-state index contributed by atoms with van der Waals surface area (Å²) in [4.78, 5) is 48.2. The topological polar surface area (TPSA) is 104 Å². The van der Waals surface area contributed by atoms with Gasteiger partial charge in [0.15, 0.2) is 11.5 Å². The highest BCUT2D eigenvalue weighted by atomic mass is 16.6. The summed E-state index contributed by atoms with van der Waals surface area (Å²) in [6.45, 7) is 0. The van der Waals surface area contributed by atoms with E-state index in [0.29, 0.717) is 5.56 Å². The maximum atomic E-state index is 13.0. The Hall–Kier alpha value is -3.61. The number of Topliss-reactive ketones (excluding diaryl/α,β-unsaturated/α-hetero) is 2. The molecule has 0 saturated carbocycles. The fraction of sp³-hybridized carbons (Fsp3) is 0.105. The third-order valence-electron chi connectivity index (χ3n) is 4.53. The third kappa shape index (κ3) is 2.33. The minimum absolute atomic E-state index is 0.0776. The molecule has 2 aromatic carbocycles. The molecule has 1 unspecified atom stereocenters. The largest absolute Gasteiger partial charge is 0.422 e. The summed E-state index contributed by atoms with van der Waals surface area (Å²) >= 11 is 0. The molecule has 128 valence electrons. The first-order valence-electron chi connectivity index (χ1n) is 7.85. The zero-order valence-electron chi connectivity index (χ0n) is 13.3. The summed E-state index contributed by atoms with van der Waals surface area (Å²) in [5.74, 6) is -2.63. The van der Waals surface area contributed by atoms with Crippen molar-refractivity contribution in [3.05, 3.63) is 86.7 Å². The Morgan fingerprint density at radius 2 is 1.65 bits per heavy atom. The molecule has 7 heteroatoms. The highest BCUT2D eigenvalue weighted by molar-refractivity contribution is 6.27. The van der Waals surface area contributed by atoms with E-state index >= 15 is 0 Å². The smallest absolute Gasteiger partial charge is 0.312 e. The molecule has 1 atom stereocenters. The lowest BCUT2D eigenvalue weighted by Crippen LogP contribution is -2.32. The molecule has 4 rings (SSSR count). The number of hydrogen-bond acceptors (Lipinski definition) is 6. The minimum Gasteiger partial charge on any atom is -0.422 e. The number of ether oxygens (including phenoxy) is 1. The molecule has 1 aliphatic carbocycles. The fourth-order valence-corrected chi connectivity index (χ4v) is 3.35. The zero-order valence-corrected chi connectivity index (χ0v) is 13.3. The SMILES string of the molecule is O=C1CC(c2cccc([N+](=O)[O-])c2)C2=C(O1)C(=O)c1ccccc1C2=O. The number of non-ortho nitro benzene ring substituents is 1. The Morgan fingerprint density at radius 3 is 2.35 bits per heavy atom. The van der Waals surface area contributed by atoms with Gasteiger partial charge in [-0.1, -0.05) is 36.4 Å². The highest BCUT2D eigenvalue weighted by Gasteiger charge is 2.43. The fourth-order valence-electron chi connectivity index (χ4n) is 3.35. The van der Waals surface area contributed by atoms with Crippen LogP contribution >= 0.6 is 0 Å². The van der Waals surface area contributed by atoms with Gasteiger partial charge in [0.25, 0.3) is 5.69 Å². The second-order valence-corrected chi connectivity index (χ2v) is 6.03. The first-order chi connectivity index (χ1) is 12.5. The number of carbonyl (C=O) groups excluding carboxylic acids is 3. The van der Waals surface area contributed by atoms with Crippen LogP contribution in [0.15, 0.2) is 59.9 Å². The Bertz CT molecular complexity index is 1040. The van der Waals surface area contributed by atoms with E-state index in [9.17, 15) is 24.5 Å². The lowest BCUT2D eigenvalue weighted by molar-refractivity contribution is -0.384. The number of ketones is 2. The van der Waals surface area contributed by atoms with E-state index in [0.717, 1.165) is 0 Å². The zero-order chi connectivity index (χ0) is 18.4. The molecular formula is C19H11NO6. The van der Waals surface area contributed by atoms with E-state index in [1.807, 2.05) is 0 Å². The van der Waals surface area contributed by atoms with Crippen LogP contribution in [0.2, 0.25) is 0 Å². The Morgan fingerprint density at radius 1 is 0.962 bits per heavy atom. The van der Waals surface area contributed by atoms with Crippen LogP contribution in [-0.4, -0.2) is 22.5 Å². The molecule has 0 amide bonds. The number of carbonyl (C=O) groups is 3. The van der Waals surface area contributed by atoms with Crippen molar-refractivity contribution in [1.82, 2.24) is 0 Å². The second-order valence-electron chi connectivity index (χ2n) is 6.03. The van der Waals surface area contributed by atoms with E-state index in [1.54, 1.807) is 24.3 Å². The first kappa shape index (κ1) is 15.9. The summed E-state index contributed by atoms with van der Waals surface area (Å²) in [5.41, 5.74) is 0.768. The van der Waals surface area contributed by atoms with Crippen molar-refractivity contribution >= 4 is 23.2 Å². The predicted octanol–water partition coefficient (Wildman–Crippen LogP) is 2.96. The van der Waals surface area contributed by atoms with E-state index in [2.05, 4.69) is 0 Å². The standard InChI is InChI=1S/C19H11NO6/c21-15-9-14(10-4-3-5-11(8-10)20(24)25)16-17(22)12-6-1-2-7-13(12)18(23)19(16)26-15/h1-8,14H,9H2. The number of allylic oxidation sites excluding steroid dienone is 2. The molecule has 0 N–H and O–H groups in total. The third-order valence-corrected chi connectivity index (χ3v) is 4.53. The van der Waals surface area contributed by atoms with E-state index < -0.39 is 28.4 Å². The van der Waals surface area contributed by atoms with Crippen LogP contribution in [0.25, 0.3) is 0 Å². The van der Waals surface area contributed by atoms with Crippen LogP contribution in [-0.2, 0) is 9.53 Å². The quantitative estimate of drug-likeness (QED) is 0.469. The van der Waals surface area contributed by atoms with Gasteiger partial charge in [0, 0.05) is 29.2 Å². The van der Waals surface area contributed by atoms with Gasteiger partial charge in [-0.3, -0.25) is 24.5 Å². The number of hydrogen-bond donors (Lipinski definition) is 0. The number of nitrogens with zero attached hydrogens (tertiary/aromatic N) is 1. The Balaban J connectivity index is 1.90. The van der Waals surface area contributed by atoms with Gasteiger partial charge < -0.3 is 4.74 Å². The maximum Gasteiger partial charge on any atom is 0.312 e. The van der Waals surface area contributed by atoms with Gasteiger partial charge in [-0.15, -0.1) is 0 Å². The average Bonchev–Trinajstić information content (AvgIpc) is 2.65. The number of nitro benzene ring substituents is 1. The van der Waals surface area contributed by atoms with E-state index in [1.165, 1.54) is 24.3 Å². The van der Waals surface area contributed by atoms with Crippen LogP contribution < -0.4 is 0 Å². The summed E-state index contributed by atoms with van der Waals surface area (Å²) < 4.78 is 5.10. The molecule has 26 heavy (non-hydrogen) atoms. The molecule has 0 aromatic heterocycles.